The number of hydrogen-bond acceptors (Lipinski definition) is 2. The van der Waals surface area contributed by atoms with E-state index in [9.17, 15) is 4.79 Å². The summed E-state index contributed by atoms with van der Waals surface area (Å²) in [5.74, 6) is 0.757. The van der Waals surface area contributed by atoms with Crippen LogP contribution in [-0.2, 0) is 0 Å². The molecule has 0 unspecified atom stereocenters. The van der Waals surface area contributed by atoms with Crippen molar-refractivity contribution in [3.63, 3.8) is 0 Å². The molecule has 0 spiro atoms. The average molecular weight is 317 g/mol. The number of nitrogens with zero attached hydrogens (tertiary/aromatic N) is 1. The highest BCUT2D eigenvalue weighted by Crippen LogP contribution is 2.20. The van der Waals surface area contributed by atoms with Crippen molar-refractivity contribution in [3.05, 3.63) is 90.3 Å². The van der Waals surface area contributed by atoms with E-state index in [0.717, 1.165) is 17.0 Å². The van der Waals surface area contributed by atoms with Crippen LogP contribution in [0.5, 0.6) is 5.75 Å². The molecule has 120 valence electrons. The van der Waals surface area contributed by atoms with Crippen LogP contribution < -0.4 is 4.74 Å². The van der Waals surface area contributed by atoms with Gasteiger partial charge in [0.2, 0.25) is 0 Å². The SMILES string of the molecule is CCOc1ccccc1/C=C/C(=O)c1ccc(-n2cccc2)cc1. The van der Waals surface area contributed by atoms with E-state index in [1.165, 1.54) is 0 Å². The van der Waals surface area contributed by atoms with Gasteiger partial charge in [-0.3, -0.25) is 4.79 Å². The van der Waals surface area contributed by atoms with Crippen LogP contribution in [0, 0.1) is 0 Å². The van der Waals surface area contributed by atoms with Gasteiger partial charge in [-0.15, -0.1) is 0 Å². The van der Waals surface area contributed by atoms with Crippen LogP contribution in [0.4, 0.5) is 0 Å². The number of benzene rings is 2. The molecule has 0 aliphatic rings. The average Bonchev–Trinajstić information content (AvgIpc) is 3.16. The third-order valence-electron chi connectivity index (χ3n) is 3.69. The molecule has 0 amide bonds. The number of hydrogen-bond donors (Lipinski definition) is 0. The molecule has 0 aliphatic heterocycles. The lowest BCUT2D eigenvalue weighted by atomic mass is 10.1. The van der Waals surface area contributed by atoms with Crippen LogP contribution in [0.25, 0.3) is 11.8 Å². The molecule has 3 rings (SSSR count). The van der Waals surface area contributed by atoms with E-state index < -0.39 is 0 Å². The summed E-state index contributed by atoms with van der Waals surface area (Å²) in [7, 11) is 0. The Hall–Kier alpha value is -3.07. The lowest BCUT2D eigenvalue weighted by Gasteiger charge is -2.06. The highest BCUT2D eigenvalue weighted by atomic mass is 16.5. The first-order chi connectivity index (χ1) is 11.8. The Morgan fingerprint density at radius 1 is 1.00 bits per heavy atom. The fraction of sp³-hybridized carbons (Fsp3) is 0.0952. The molecular formula is C21H19NO2. The molecule has 0 bridgehead atoms. The first kappa shape index (κ1) is 15.8. The Kier molecular flexibility index (Phi) is 4.92. The van der Waals surface area contributed by atoms with Crippen molar-refractivity contribution in [2.24, 2.45) is 0 Å². The van der Waals surface area contributed by atoms with E-state index in [1.807, 2.05) is 84.5 Å². The number of ether oxygens (including phenoxy) is 1. The van der Waals surface area contributed by atoms with Gasteiger partial charge in [0.25, 0.3) is 0 Å². The molecule has 0 atom stereocenters. The van der Waals surface area contributed by atoms with Crippen molar-refractivity contribution in [2.75, 3.05) is 6.61 Å². The van der Waals surface area contributed by atoms with Gasteiger partial charge in [0.1, 0.15) is 5.75 Å². The molecule has 2 aromatic carbocycles. The summed E-state index contributed by atoms with van der Waals surface area (Å²) in [6.45, 7) is 2.54. The number of ketones is 1. The van der Waals surface area contributed by atoms with Gasteiger partial charge in [-0.05, 0) is 61.5 Å². The van der Waals surface area contributed by atoms with Gasteiger partial charge >= 0.3 is 0 Å². The summed E-state index contributed by atoms with van der Waals surface area (Å²) in [6.07, 6.45) is 7.33. The molecule has 3 heteroatoms. The molecular weight excluding hydrogens is 298 g/mol. The topological polar surface area (TPSA) is 31.2 Å². The molecule has 0 N–H and O–H groups in total. The van der Waals surface area contributed by atoms with E-state index in [2.05, 4.69) is 0 Å². The number of para-hydroxylation sites is 1. The quantitative estimate of drug-likeness (QED) is 0.484. The molecule has 3 aromatic rings. The van der Waals surface area contributed by atoms with Gasteiger partial charge < -0.3 is 9.30 Å². The minimum Gasteiger partial charge on any atom is -0.493 e. The maximum absolute atomic E-state index is 12.4. The van der Waals surface area contributed by atoms with Crippen molar-refractivity contribution < 1.29 is 9.53 Å². The van der Waals surface area contributed by atoms with Crippen LogP contribution in [0.15, 0.2) is 79.1 Å². The summed E-state index contributed by atoms with van der Waals surface area (Å²) < 4.78 is 7.57. The smallest absolute Gasteiger partial charge is 0.185 e. The lowest BCUT2D eigenvalue weighted by Crippen LogP contribution is -1.97. The molecule has 1 aromatic heterocycles. The predicted molar refractivity (Wildman–Crippen MR) is 96.7 cm³/mol. The number of allylic oxidation sites excluding steroid dienone is 1. The van der Waals surface area contributed by atoms with E-state index in [0.29, 0.717) is 12.2 Å². The highest BCUT2D eigenvalue weighted by molar-refractivity contribution is 6.07. The third kappa shape index (κ3) is 3.63. The van der Waals surface area contributed by atoms with E-state index >= 15 is 0 Å². The highest BCUT2D eigenvalue weighted by Gasteiger charge is 2.04. The fourth-order valence-electron chi connectivity index (χ4n) is 2.47. The number of carbonyl (C=O) groups is 1. The first-order valence-corrected chi connectivity index (χ1v) is 7.95. The zero-order valence-electron chi connectivity index (χ0n) is 13.6. The zero-order chi connectivity index (χ0) is 16.8. The Morgan fingerprint density at radius 2 is 1.71 bits per heavy atom. The first-order valence-electron chi connectivity index (χ1n) is 7.95. The van der Waals surface area contributed by atoms with Crippen molar-refractivity contribution in [1.29, 1.82) is 0 Å². The van der Waals surface area contributed by atoms with Crippen molar-refractivity contribution in [2.45, 2.75) is 6.92 Å². The third-order valence-corrected chi connectivity index (χ3v) is 3.69. The van der Waals surface area contributed by atoms with Gasteiger partial charge in [-0.25, -0.2) is 0 Å². The van der Waals surface area contributed by atoms with Crippen LogP contribution in [0.1, 0.15) is 22.8 Å². The van der Waals surface area contributed by atoms with Crippen molar-refractivity contribution >= 4 is 11.9 Å². The Balaban J connectivity index is 1.75. The molecule has 0 saturated heterocycles. The van der Waals surface area contributed by atoms with E-state index in [4.69, 9.17) is 4.74 Å². The summed E-state index contributed by atoms with van der Waals surface area (Å²) in [6, 6.07) is 19.2. The van der Waals surface area contributed by atoms with Gasteiger partial charge in [-0.1, -0.05) is 18.2 Å². The fourth-order valence-corrected chi connectivity index (χ4v) is 2.47. The molecule has 3 nitrogen and oxygen atoms in total. The molecule has 0 fully saturated rings. The second-order valence-corrected chi connectivity index (χ2v) is 5.31. The van der Waals surface area contributed by atoms with Crippen LogP contribution in [0.2, 0.25) is 0 Å². The molecule has 24 heavy (non-hydrogen) atoms. The standard InChI is InChI=1S/C21H19NO2/c1-2-24-21-8-4-3-7-18(21)11-14-20(23)17-9-12-19(13-10-17)22-15-5-6-16-22/h3-16H,2H2,1H3/b14-11+. The summed E-state index contributed by atoms with van der Waals surface area (Å²) in [4.78, 5) is 12.4. The monoisotopic (exact) mass is 317 g/mol. The summed E-state index contributed by atoms with van der Waals surface area (Å²) in [5.41, 5.74) is 2.59. The predicted octanol–water partition coefficient (Wildman–Crippen LogP) is 4.77. The zero-order valence-corrected chi connectivity index (χ0v) is 13.6. The Morgan fingerprint density at radius 3 is 2.42 bits per heavy atom. The van der Waals surface area contributed by atoms with Crippen molar-refractivity contribution in [3.8, 4) is 11.4 Å². The maximum atomic E-state index is 12.4. The van der Waals surface area contributed by atoms with Gasteiger partial charge in [0, 0.05) is 29.2 Å². The maximum Gasteiger partial charge on any atom is 0.185 e. The molecule has 0 saturated carbocycles. The number of aromatic nitrogens is 1. The minimum atomic E-state index is -0.0274. The Bertz CT molecular complexity index is 831. The Labute approximate surface area is 141 Å². The second-order valence-electron chi connectivity index (χ2n) is 5.31. The largest absolute Gasteiger partial charge is 0.493 e. The number of carbonyl (C=O) groups excluding carboxylic acids is 1. The normalized spacial score (nSPS) is 10.9. The van der Waals surface area contributed by atoms with E-state index in [1.54, 1.807) is 12.2 Å². The van der Waals surface area contributed by atoms with Gasteiger partial charge in [-0.2, -0.15) is 0 Å². The number of rotatable bonds is 6. The lowest BCUT2D eigenvalue weighted by molar-refractivity contribution is 0.104. The molecule has 1 heterocycles. The van der Waals surface area contributed by atoms with Gasteiger partial charge in [0.05, 0.1) is 6.61 Å². The van der Waals surface area contributed by atoms with Crippen LogP contribution >= 0.6 is 0 Å². The second kappa shape index (κ2) is 7.47. The molecule has 0 radical (unpaired) electrons. The van der Waals surface area contributed by atoms with Gasteiger partial charge in [0.15, 0.2) is 5.78 Å². The van der Waals surface area contributed by atoms with Crippen LogP contribution in [0.3, 0.4) is 0 Å². The minimum absolute atomic E-state index is 0.0274. The van der Waals surface area contributed by atoms with E-state index in [-0.39, 0.29) is 5.78 Å². The summed E-state index contributed by atoms with van der Waals surface area (Å²) >= 11 is 0. The summed E-state index contributed by atoms with van der Waals surface area (Å²) in [5, 5.41) is 0. The van der Waals surface area contributed by atoms with Crippen molar-refractivity contribution in [1.82, 2.24) is 4.57 Å². The van der Waals surface area contributed by atoms with Crippen LogP contribution in [-0.4, -0.2) is 17.0 Å². The molecule has 0 aliphatic carbocycles.